The molecular formula is C16H23N5O3S2. The van der Waals surface area contributed by atoms with Gasteiger partial charge in [0.25, 0.3) is 0 Å². The monoisotopic (exact) mass is 397 g/mol. The van der Waals surface area contributed by atoms with Gasteiger partial charge in [0, 0.05) is 37.5 Å². The molecule has 1 aromatic heterocycles. The molecule has 1 amide bonds. The molecule has 1 atom stereocenters. The molecule has 1 fully saturated rings. The topological polar surface area (TPSA) is 106 Å². The van der Waals surface area contributed by atoms with Gasteiger partial charge in [0.2, 0.25) is 15.9 Å². The predicted octanol–water partition coefficient (Wildman–Crippen LogP) is 1.02. The number of thiazole rings is 1. The molecular weight excluding hydrogens is 374 g/mol. The molecule has 1 aromatic rings. The van der Waals surface area contributed by atoms with Crippen LogP contribution in [-0.4, -0.2) is 59.9 Å². The van der Waals surface area contributed by atoms with Crippen LogP contribution in [0.15, 0.2) is 0 Å². The van der Waals surface area contributed by atoms with E-state index in [-0.39, 0.29) is 11.8 Å². The summed E-state index contributed by atoms with van der Waals surface area (Å²) in [6, 6.07) is 0. The summed E-state index contributed by atoms with van der Waals surface area (Å²) in [5, 5.41) is 11.9. The summed E-state index contributed by atoms with van der Waals surface area (Å²) in [6.45, 7) is 5.32. The molecule has 1 unspecified atom stereocenters. The molecule has 0 saturated carbocycles. The molecule has 2 aliphatic rings. The number of nitrogens with zero attached hydrogens (tertiary/aromatic N) is 4. The number of rotatable bonds is 4. The number of carbonyl (C=O) groups is 1. The Bertz CT molecular complexity index is 802. The second-order valence-electron chi connectivity index (χ2n) is 6.90. The number of hydrogen-bond donors (Lipinski definition) is 1. The van der Waals surface area contributed by atoms with Crippen LogP contribution in [0.4, 0.5) is 5.13 Å². The maximum Gasteiger partial charge on any atom is 0.231 e. The highest BCUT2D eigenvalue weighted by atomic mass is 32.2. The zero-order valence-electron chi connectivity index (χ0n) is 14.9. The van der Waals surface area contributed by atoms with Crippen molar-refractivity contribution in [1.82, 2.24) is 14.2 Å². The van der Waals surface area contributed by atoms with Gasteiger partial charge in [0.1, 0.15) is 0 Å². The van der Waals surface area contributed by atoms with Gasteiger partial charge in [-0.05, 0) is 26.7 Å². The lowest BCUT2D eigenvalue weighted by Crippen LogP contribution is -2.38. The number of likely N-dealkylation sites (tertiary alicyclic amines) is 1. The lowest BCUT2D eigenvalue weighted by molar-refractivity contribution is -0.119. The lowest BCUT2D eigenvalue weighted by atomic mass is 10.1. The maximum atomic E-state index is 12.3. The highest BCUT2D eigenvalue weighted by Crippen LogP contribution is 2.28. The highest BCUT2D eigenvalue weighted by Gasteiger charge is 2.30. The van der Waals surface area contributed by atoms with Gasteiger partial charge in [-0.25, -0.2) is 17.7 Å². The lowest BCUT2D eigenvalue weighted by Gasteiger charge is -2.22. The fraction of sp³-hybridized carbons (Fsp3) is 0.688. The van der Waals surface area contributed by atoms with Crippen LogP contribution in [-0.2, 0) is 27.7 Å². The Balaban J connectivity index is 1.63. The Kier molecular flexibility index (Phi) is 5.50. The predicted molar refractivity (Wildman–Crippen MR) is 99.1 cm³/mol. The molecule has 3 heterocycles. The van der Waals surface area contributed by atoms with Crippen molar-refractivity contribution >= 4 is 32.4 Å². The molecule has 10 heteroatoms. The second-order valence-corrected chi connectivity index (χ2v) is 10.5. The molecule has 8 nitrogen and oxygen atoms in total. The molecule has 1 N–H and O–H groups in total. The fourth-order valence-corrected chi connectivity index (χ4v) is 5.51. The first-order chi connectivity index (χ1) is 12.3. The fourth-order valence-electron chi connectivity index (χ4n) is 3.22. The first-order valence-corrected chi connectivity index (χ1v) is 11.1. The quantitative estimate of drug-likeness (QED) is 0.761. The minimum atomic E-state index is -3.26. The Hall–Kier alpha value is -1.70. The minimum absolute atomic E-state index is 0.101. The standard InChI is InChI=1S/C16H23N5O3S2/c1-11(2)26(23,24)21-7-4-13-14(5-8-21)25-16(18-13)19-15(22)12-3-6-20(9-12)10-17/h11-12H,3-9H2,1-2H3,(H,18,19,22). The zero-order chi connectivity index (χ0) is 18.9. The third-order valence-electron chi connectivity index (χ3n) is 4.85. The average Bonchev–Trinajstić information content (AvgIpc) is 3.17. The highest BCUT2D eigenvalue weighted by molar-refractivity contribution is 7.89. The van der Waals surface area contributed by atoms with E-state index in [9.17, 15) is 13.2 Å². The van der Waals surface area contributed by atoms with Crippen LogP contribution in [0.2, 0.25) is 0 Å². The Morgan fingerprint density at radius 1 is 1.35 bits per heavy atom. The summed E-state index contributed by atoms with van der Waals surface area (Å²) in [5.74, 6) is -0.291. The minimum Gasteiger partial charge on any atom is -0.310 e. The van der Waals surface area contributed by atoms with Crippen molar-refractivity contribution in [3.8, 4) is 6.19 Å². The molecule has 0 radical (unpaired) electrons. The molecule has 142 valence electrons. The van der Waals surface area contributed by atoms with Crippen LogP contribution >= 0.6 is 11.3 Å². The van der Waals surface area contributed by atoms with Crippen molar-refractivity contribution < 1.29 is 13.2 Å². The van der Waals surface area contributed by atoms with E-state index >= 15 is 0 Å². The van der Waals surface area contributed by atoms with Gasteiger partial charge >= 0.3 is 0 Å². The summed E-state index contributed by atoms with van der Waals surface area (Å²) < 4.78 is 26.2. The van der Waals surface area contributed by atoms with Gasteiger partial charge in [0.15, 0.2) is 11.3 Å². The van der Waals surface area contributed by atoms with Crippen molar-refractivity contribution in [3.05, 3.63) is 10.6 Å². The Morgan fingerprint density at radius 3 is 2.73 bits per heavy atom. The summed E-state index contributed by atoms with van der Waals surface area (Å²) >= 11 is 1.42. The number of hydrogen-bond acceptors (Lipinski definition) is 7. The summed E-state index contributed by atoms with van der Waals surface area (Å²) in [5.41, 5.74) is 0.872. The number of fused-ring (bicyclic) bond motifs is 1. The first kappa shape index (κ1) is 19.1. The van der Waals surface area contributed by atoms with Gasteiger partial charge < -0.3 is 10.2 Å². The SMILES string of the molecule is CC(C)S(=O)(=O)N1CCc2nc(NC(=O)C3CCN(C#N)C3)sc2CC1. The molecule has 0 aromatic carbocycles. The number of amides is 1. The van der Waals surface area contributed by atoms with Crippen molar-refractivity contribution in [1.29, 1.82) is 5.26 Å². The van der Waals surface area contributed by atoms with E-state index in [1.165, 1.54) is 11.3 Å². The number of carbonyl (C=O) groups excluding carboxylic acids is 1. The number of sulfonamides is 1. The van der Waals surface area contributed by atoms with E-state index in [2.05, 4.69) is 16.5 Å². The van der Waals surface area contributed by atoms with Gasteiger partial charge in [0.05, 0.1) is 16.9 Å². The third-order valence-corrected chi connectivity index (χ3v) is 8.20. The first-order valence-electron chi connectivity index (χ1n) is 8.74. The van der Waals surface area contributed by atoms with Crippen molar-refractivity contribution in [2.75, 3.05) is 31.5 Å². The van der Waals surface area contributed by atoms with E-state index < -0.39 is 15.3 Å². The van der Waals surface area contributed by atoms with E-state index in [1.54, 1.807) is 23.1 Å². The van der Waals surface area contributed by atoms with Crippen LogP contribution in [0.5, 0.6) is 0 Å². The van der Waals surface area contributed by atoms with Gasteiger partial charge in [-0.15, -0.1) is 11.3 Å². The van der Waals surface area contributed by atoms with Crippen molar-refractivity contribution in [2.24, 2.45) is 5.92 Å². The summed E-state index contributed by atoms with van der Waals surface area (Å²) in [7, 11) is -3.26. The molecule has 26 heavy (non-hydrogen) atoms. The normalized spacial score (nSPS) is 21.3. The number of anilines is 1. The van der Waals surface area contributed by atoms with Crippen molar-refractivity contribution in [3.63, 3.8) is 0 Å². The van der Waals surface area contributed by atoms with Gasteiger partial charge in [-0.2, -0.15) is 5.26 Å². The molecule has 2 aliphatic heterocycles. The van der Waals surface area contributed by atoms with Crippen molar-refractivity contribution in [2.45, 2.75) is 38.4 Å². The van der Waals surface area contributed by atoms with Crippen LogP contribution in [0.3, 0.4) is 0 Å². The molecule has 3 rings (SSSR count). The summed E-state index contributed by atoms with van der Waals surface area (Å²) in [6.07, 6.45) is 3.91. The Morgan fingerprint density at radius 2 is 2.08 bits per heavy atom. The van der Waals surface area contributed by atoms with E-state index in [4.69, 9.17) is 5.26 Å². The molecule has 0 bridgehead atoms. The molecule has 1 saturated heterocycles. The van der Waals surface area contributed by atoms with Crippen LogP contribution in [0, 0.1) is 17.4 Å². The number of nitriles is 1. The van der Waals surface area contributed by atoms with Gasteiger partial charge in [-0.1, -0.05) is 0 Å². The third kappa shape index (κ3) is 3.84. The Labute approximate surface area is 157 Å². The largest absolute Gasteiger partial charge is 0.310 e. The number of nitrogens with one attached hydrogen (secondary N) is 1. The molecule has 0 aliphatic carbocycles. The van der Waals surface area contributed by atoms with E-state index in [0.717, 1.165) is 10.6 Å². The average molecular weight is 398 g/mol. The molecule has 0 spiro atoms. The van der Waals surface area contributed by atoms with E-state index in [1.807, 2.05) is 0 Å². The van der Waals surface area contributed by atoms with Crippen LogP contribution in [0.25, 0.3) is 0 Å². The van der Waals surface area contributed by atoms with Crippen LogP contribution in [0.1, 0.15) is 30.8 Å². The van der Waals surface area contributed by atoms with E-state index in [0.29, 0.717) is 50.6 Å². The smallest absolute Gasteiger partial charge is 0.231 e. The van der Waals surface area contributed by atoms with Crippen LogP contribution < -0.4 is 5.32 Å². The summed E-state index contributed by atoms with van der Waals surface area (Å²) in [4.78, 5) is 19.5. The maximum absolute atomic E-state index is 12.3. The van der Waals surface area contributed by atoms with Gasteiger partial charge in [-0.3, -0.25) is 4.79 Å². The zero-order valence-corrected chi connectivity index (χ0v) is 16.6. The second kappa shape index (κ2) is 7.50. The number of aromatic nitrogens is 1.